The quantitative estimate of drug-likeness (QED) is 0.771. The molecule has 0 aromatic heterocycles. The zero-order chi connectivity index (χ0) is 11.5. The Morgan fingerprint density at radius 1 is 1.12 bits per heavy atom. The molecule has 0 unspecified atom stereocenters. The third-order valence-electron chi connectivity index (χ3n) is 2.59. The highest BCUT2D eigenvalue weighted by atomic mass is 16.3. The van der Waals surface area contributed by atoms with E-state index in [4.69, 9.17) is 0 Å². The van der Waals surface area contributed by atoms with Crippen LogP contribution in [0.4, 0.5) is 0 Å². The maximum Gasteiger partial charge on any atom is 0.120 e. The van der Waals surface area contributed by atoms with E-state index >= 15 is 0 Å². The molecule has 0 saturated heterocycles. The van der Waals surface area contributed by atoms with E-state index < -0.39 is 0 Å². The number of fused-ring (bicyclic) bond motifs is 1. The van der Waals surface area contributed by atoms with Gasteiger partial charge in [-0.1, -0.05) is 30.3 Å². The fraction of sp³-hybridized carbons (Fsp3) is 0.231. The van der Waals surface area contributed by atoms with E-state index in [0.29, 0.717) is 12.3 Å². The van der Waals surface area contributed by atoms with Crippen LogP contribution < -0.4 is 5.43 Å². The van der Waals surface area contributed by atoms with E-state index in [1.54, 1.807) is 6.07 Å². The monoisotopic (exact) mass is 216 g/mol. The zero-order valence-electron chi connectivity index (χ0n) is 9.57. The number of nitrogens with zero attached hydrogens (tertiary/aromatic N) is 1. The third-order valence-corrected chi connectivity index (χ3v) is 2.59. The molecule has 2 rings (SSSR count). The smallest absolute Gasteiger partial charge is 0.120 e. The zero-order valence-corrected chi connectivity index (χ0v) is 9.57. The normalized spacial score (nSPS) is 11.2. The minimum absolute atomic E-state index is 0.341. The summed E-state index contributed by atoms with van der Waals surface area (Å²) in [7, 11) is 3.87. The molecule has 3 heteroatoms. The summed E-state index contributed by atoms with van der Waals surface area (Å²) >= 11 is 0. The molecular formula is C13H16N2O. The van der Waals surface area contributed by atoms with Gasteiger partial charge in [0.05, 0.1) is 0 Å². The van der Waals surface area contributed by atoms with Crippen molar-refractivity contribution >= 4 is 10.8 Å². The van der Waals surface area contributed by atoms with Crippen LogP contribution in [0.5, 0.6) is 5.75 Å². The van der Waals surface area contributed by atoms with E-state index in [1.165, 1.54) is 0 Å². The number of rotatable bonds is 3. The molecule has 0 heterocycles. The molecule has 0 aliphatic rings. The summed E-state index contributed by atoms with van der Waals surface area (Å²) in [5, 5.41) is 14.0. The molecule has 0 spiro atoms. The number of hydrogen-bond donors (Lipinski definition) is 2. The summed E-state index contributed by atoms with van der Waals surface area (Å²) in [6.45, 7) is 0.625. The maximum absolute atomic E-state index is 9.86. The largest absolute Gasteiger partial charge is 0.508 e. The number of benzene rings is 2. The van der Waals surface area contributed by atoms with Crippen molar-refractivity contribution in [3.63, 3.8) is 0 Å². The average Bonchev–Trinajstić information content (AvgIpc) is 2.27. The summed E-state index contributed by atoms with van der Waals surface area (Å²) in [6.07, 6.45) is 0. The Hall–Kier alpha value is -1.58. The molecule has 84 valence electrons. The minimum Gasteiger partial charge on any atom is -0.508 e. The number of phenols is 1. The van der Waals surface area contributed by atoms with Crippen LogP contribution in [0.2, 0.25) is 0 Å². The van der Waals surface area contributed by atoms with Crippen LogP contribution in [0.3, 0.4) is 0 Å². The lowest BCUT2D eigenvalue weighted by Crippen LogP contribution is -2.29. The number of hydrazine groups is 1. The Morgan fingerprint density at radius 3 is 2.62 bits per heavy atom. The summed E-state index contributed by atoms with van der Waals surface area (Å²) in [6, 6.07) is 11.7. The molecule has 0 atom stereocenters. The molecule has 0 aliphatic carbocycles. The van der Waals surface area contributed by atoms with Gasteiger partial charge in [-0.05, 0) is 16.8 Å². The second kappa shape index (κ2) is 4.51. The number of aromatic hydroxyl groups is 1. The van der Waals surface area contributed by atoms with Gasteiger partial charge in [0.25, 0.3) is 0 Å². The molecule has 0 radical (unpaired) electrons. The lowest BCUT2D eigenvalue weighted by Gasteiger charge is -2.14. The first-order valence-corrected chi connectivity index (χ1v) is 5.29. The molecule has 3 nitrogen and oxygen atoms in total. The Balaban J connectivity index is 2.44. The molecule has 0 aliphatic heterocycles. The third kappa shape index (κ3) is 2.15. The Labute approximate surface area is 95.3 Å². The number of phenolic OH excluding ortho intramolecular Hbond substituents is 1. The lowest BCUT2D eigenvalue weighted by atomic mass is 10.0. The first kappa shape index (κ1) is 10.9. The highest BCUT2D eigenvalue weighted by Gasteiger charge is 2.06. The van der Waals surface area contributed by atoms with Crippen LogP contribution >= 0.6 is 0 Å². The van der Waals surface area contributed by atoms with Gasteiger partial charge in [0.2, 0.25) is 0 Å². The predicted molar refractivity (Wildman–Crippen MR) is 66.1 cm³/mol. The molecule has 2 N–H and O–H groups in total. The molecule has 0 amide bonds. The van der Waals surface area contributed by atoms with Crippen LogP contribution in [0.15, 0.2) is 36.4 Å². The molecule has 0 bridgehead atoms. The van der Waals surface area contributed by atoms with E-state index in [0.717, 1.165) is 16.3 Å². The first-order chi connectivity index (χ1) is 7.68. The summed E-state index contributed by atoms with van der Waals surface area (Å²) in [5.41, 5.74) is 4.10. The highest BCUT2D eigenvalue weighted by Crippen LogP contribution is 2.26. The van der Waals surface area contributed by atoms with Gasteiger partial charge in [-0.2, -0.15) is 0 Å². The Bertz CT molecular complexity index is 494. The molecule has 2 aromatic carbocycles. The Morgan fingerprint density at radius 2 is 1.88 bits per heavy atom. The summed E-state index contributed by atoms with van der Waals surface area (Å²) in [5.74, 6) is 0.341. The molecule has 2 aromatic rings. The molecule has 0 saturated carbocycles. The predicted octanol–water partition coefficient (Wildman–Crippen LogP) is 2.11. The topological polar surface area (TPSA) is 35.5 Å². The SMILES string of the molecule is CN(C)NCc1c(O)ccc2ccccc12. The van der Waals surface area contributed by atoms with Gasteiger partial charge in [-0.25, -0.2) is 0 Å². The fourth-order valence-corrected chi connectivity index (χ4v) is 1.75. The summed E-state index contributed by atoms with van der Waals surface area (Å²) in [4.78, 5) is 0. The van der Waals surface area contributed by atoms with Crippen molar-refractivity contribution in [2.45, 2.75) is 6.54 Å². The van der Waals surface area contributed by atoms with Gasteiger partial charge < -0.3 is 5.11 Å². The van der Waals surface area contributed by atoms with Crippen molar-refractivity contribution in [1.82, 2.24) is 10.4 Å². The van der Waals surface area contributed by atoms with Crippen molar-refractivity contribution in [3.8, 4) is 5.75 Å². The van der Waals surface area contributed by atoms with Crippen LogP contribution in [0.1, 0.15) is 5.56 Å². The Kier molecular flexibility index (Phi) is 3.08. The van der Waals surface area contributed by atoms with Crippen molar-refractivity contribution < 1.29 is 5.11 Å². The highest BCUT2D eigenvalue weighted by molar-refractivity contribution is 5.87. The summed E-state index contributed by atoms with van der Waals surface area (Å²) < 4.78 is 0. The van der Waals surface area contributed by atoms with Gasteiger partial charge in [0.1, 0.15) is 5.75 Å². The second-order valence-corrected chi connectivity index (χ2v) is 4.01. The van der Waals surface area contributed by atoms with Crippen molar-refractivity contribution in [2.24, 2.45) is 0 Å². The average molecular weight is 216 g/mol. The molecule has 0 fully saturated rings. The van der Waals surface area contributed by atoms with Crippen LogP contribution in [0.25, 0.3) is 10.8 Å². The van der Waals surface area contributed by atoms with E-state index in [2.05, 4.69) is 5.43 Å². The van der Waals surface area contributed by atoms with E-state index in [9.17, 15) is 5.11 Å². The van der Waals surface area contributed by atoms with Crippen LogP contribution in [0, 0.1) is 0 Å². The van der Waals surface area contributed by atoms with E-state index in [1.807, 2.05) is 49.4 Å². The van der Waals surface area contributed by atoms with Gasteiger partial charge in [0.15, 0.2) is 0 Å². The van der Waals surface area contributed by atoms with Gasteiger partial charge >= 0.3 is 0 Å². The first-order valence-electron chi connectivity index (χ1n) is 5.29. The molecular weight excluding hydrogens is 200 g/mol. The van der Waals surface area contributed by atoms with E-state index in [-0.39, 0.29) is 0 Å². The van der Waals surface area contributed by atoms with Crippen molar-refractivity contribution in [2.75, 3.05) is 14.1 Å². The van der Waals surface area contributed by atoms with Gasteiger partial charge in [-0.15, -0.1) is 0 Å². The lowest BCUT2D eigenvalue weighted by molar-refractivity contribution is 0.284. The maximum atomic E-state index is 9.86. The van der Waals surface area contributed by atoms with Gasteiger partial charge in [0, 0.05) is 26.2 Å². The van der Waals surface area contributed by atoms with Gasteiger partial charge in [-0.3, -0.25) is 10.4 Å². The minimum atomic E-state index is 0.341. The van der Waals surface area contributed by atoms with Crippen LogP contribution in [-0.2, 0) is 6.54 Å². The van der Waals surface area contributed by atoms with Crippen molar-refractivity contribution in [1.29, 1.82) is 0 Å². The molecule has 16 heavy (non-hydrogen) atoms. The second-order valence-electron chi connectivity index (χ2n) is 4.01. The standard InChI is InChI=1S/C13H16N2O/c1-15(2)14-9-12-11-6-4-3-5-10(11)7-8-13(12)16/h3-8,14,16H,9H2,1-2H3. The fourth-order valence-electron chi connectivity index (χ4n) is 1.75. The van der Waals surface area contributed by atoms with Crippen molar-refractivity contribution in [3.05, 3.63) is 42.0 Å². The number of nitrogens with one attached hydrogen (secondary N) is 1. The van der Waals surface area contributed by atoms with Crippen LogP contribution in [-0.4, -0.2) is 24.2 Å². The number of hydrogen-bond acceptors (Lipinski definition) is 3.